The quantitative estimate of drug-likeness (QED) is 0.477. The van der Waals surface area contributed by atoms with E-state index in [-0.39, 0.29) is 0 Å². The first-order valence-corrected chi connectivity index (χ1v) is 3.82. The average molecular weight is 158 g/mol. The van der Waals surface area contributed by atoms with Crippen LogP contribution in [0.2, 0.25) is 0 Å². The molecule has 2 radical (unpaired) electrons. The van der Waals surface area contributed by atoms with Gasteiger partial charge >= 0.3 is 0 Å². The lowest BCUT2D eigenvalue weighted by molar-refractivity contribution is 0.355. The number of benzene rings is 1. The molecular formula is C10H11BO. The predicted octanol–water partition coefficient (Wildman–Crippen LogP) is 1.44. The molecule has 0 fully saturated rings. The highest BCUT2D eigenvalue weighted by Crippen LogP contribution is 2.05. The Morgan fingerprint density at radius 1 is 1.50 bits per heavy atom. The van der Waals surface area contributed by atoms with E-state index in [9.17, 15) is 0 Å². The molecule has 0 heterocycles. The van der Waals surface area contributed by atoms with Crippen LogP contribution in [0.25, 0.3) is 0 Å². The third-order valence-corrected chi connectivity index (χ3v) is 1.39. The molecule has 0 unspecified atom stereocenters. The molecular weight excluding hydrogens is 147 g/mol. The monoisotopic (exact) mass is 158 g/mol. The molecule has 0 aliphatic carbocycles. The summed E-state index contributed by atoms with van der Waals surface area (Å²) in [6, 6.07) is 7.43. The Morgan fingerprint density at radius 2 is 2.17 bits per heavy atom. The summed E-state index contributed by atoms with van der Waals surface area (Å²) in [7, 11) is 5.65. The average Bonchev–Trinajstić information content (AvgIpc) is 2.03. The molecule has 0 spiro atoms. The summed E-state index contributed by atoms with van der Waals surface area (Å²) in [6.45, 7) is 6.17. The van der Waals surface area contributed by atoms with Crippen molar-refractivity contribution in [2.24, 2.45) is 0 Å². The first kappa shape index (κ1) is 8.92. The van der Waals surface area contributed by atoms with Crippen LogP contribution in [-0.4, -0.2) is 14.5 Å². The van der Waals surface area contributed by atoms with Crippen LogP contribution >= 0.6 is 0 Å². The van der Waals surface area contributed by atoms with E-state index >= 15 is 0 Å². The predicted molar refractivity (Wildman–Crippen MR) is 52.1 cm³/mol. The van der Waals surface area contributed by atoms with Crippen LogP contribution in [0.3, 0.4) is 0 Å². The van der Waals surface area contributed by atoms with E-state index in [1.807, 2.05) is 31.2 Å². The highest BCUT2D eigenvalue weighted by atomic mass is 16.5. The zero-order valence-electron chi connectivity index (χ0n) is 7.21. The lowest BCUT2D eigenvalue weighted by Gasteiger charge is -2.07. The van der Waals surface area contributed by atoms with Crippen LogP contribution in [0.15, 0.2) is 36.4 Å². The molecule has 0 amide bonds. The molecule has 2 heteroatoms. The Balaban J connectivity index is 2.63. The second kappa shape index (κ2) is 4.00. The number of hydrogen-bond acceptors (Lipinski definition) is 1. The Kier molecular flexibility index (Phi) is 2.97. The Morgan fingerprint density at radius 3 is 2.75 bits per heavy atom. The molecule has 0 atom stereocenters. The maximum absolute atomic E-state index is 5.65. The van der Waals surface area contributed by atoms with Gasteiger partial charge in [0, 0.05) is 0 Å². The molecule has 12 heavy (non-hydrogen) atoms. The molecule has 1 aromatic rings. The largest absolute Gasteiger partial charge is 0.490 e. The minimum Gasteiger partial charge on any atom is -0.490 e. The van der Waals surface area contributed by atoms with Gasteiger partial charge in [-0.05, 0) is 18.6 Å². The molecule has 0 bridgehead atoms. The van der Waals surface area contributed by atoms with Crippen LogP contribution in [0.4, 0.5) is 0 Å². The van der Waals surface area contributed by atoms with Crippen molar-refractivity contribution in [3.05, 3.63) is 36.4 Å². The number of ether oxygens (including phenoxy) is 1. The van der Waals surface area contributed by atoms with Gasteiger partial charge in [-0.15, -0.1) is 0 Å². The molecule has 0 N–H and O–H groups in total. The summed E-state index contributed by atoms with van der Waals surface area (Å²) < 4.78 is 5.37. The van der Waals surface area contributed by atoms with Crippen molar-refractivity contribution in [1.29, 1.82) is 0 Å². The van der Waals surface area contributed by atoms with Crippen molar-refractivity contribution in [2.75, 3.05) is 6.61 Å². The van der Waals surface area contributed by atoms with Gasteiger partial charge in [-0.25, -0.2) is 0 Å². The number of para-hydroxylation sites is 1. The van der Waals surface area contributed by atoms with Crippen molar-refractivity contribution in [2.45, 2.75) is 6.92 Å². The summed E-state index contributed by atoms with van der Waals surface area (Å²) in [5.41, 5.74) is 1.65. The van der Waals surface area contributed by atoms with Crippen LogP contribution < -0.4 is 10.2 Å². The van der Waals surface area contributed by atoms with Crippen molar-refractivity contribution in [1.82, 2.24) is 0 Å². The topological polar surface area (TPSA) is 9.23 Å². The molecule has 1 aromatic carbocycles. The fourth-order valence-electron chi connectivity index (χ4n) is 0.813. The summed E-state index contributed by atoms with van der Waals surface area (Å²) in [5.74, 6) is 0.723. The van der Waals surface area contributed by atoms with Gasteiger partial charge in [-0.3, -0.25) is 0 Å². The second-order valence-electron chi connectivity index (χ2n) is 2.78. The summed E-state index contributed by atoms with van der Waals surface area (Å²) in [4.78, 5) is 0. The summed E-state index contributed by atoms with van der Waals surface area (Å²) in [5, 5.41) is 0. The fraction of sp³-hybridized carbons (Fsp3) is 0.200. The fourth-order valence-corrected chi connectivity index (χ4v) is 0.813. The minimum atomic E-state index is 0.522. The molecule has 1 rings (SSSR count). The van der Waals surface area contributed by atoms with Gasteiger partial charge in [-0.2, -0.15) is 0 Å². The summed E-state index contributed by atoms with van der Waals surface area (Å²) in [6.07, 6.45) is 0. The van der Waals surface area contributed by atoms with Gasteiger partial charge in [0.25, 0.3) is 0 Å². The first-order chi connectivity index (χ1) is 5.70. The Hall–Kier alpha value is -1.18. The molecule has 0 aliphatic heterocycles. The van der Waals surface area contributed by atoms with E-state index < -0.39 is 0 Å². The normalized spacial score (nSPS) is 9.42. The number of rotatable bonds is 3. The Bertz CT molecular complexity index is 281. The Labute approximate surface area is 74.5 Å². The van der Waals surface area contributed by atoms with Gasteiger partial charge in [0.1, 0.15) is 20.2 Å². The van der Waals surface area contributed by atoms with Gasteiger partial charge in [0.05, 0.1) is 0 Å². The first-order valence-electron chi connectivity index (χ1n) is 3.82. The van der Waals surface area contributed by atoms with Crippen molar-refractivity contribution < 1.29 is 4.74 Å². The van der Waals surface area contributed by atoms with Crippen molar-refractivity contribution in [3.8, 4) is 5.75 Å². The van der Waals surface area contributed by atoms with Crippen LogP contribution in [0, 0.1) is 0 Å². The smallest absolute Gasteiger partial charge is 0.119 e. The lowest BCUT2D eigenvalue weighted by atomic mass is 9.95. The second-order valence-corrected chi connectivity index (χ2v) is 2.78. The lowest BCUT2D eigenvalue weighted by Crippen LogP contribution is -2.09. The van der Waals surface area contributed by atoms with E-state index in [1.165, 1.54) is 0 Å². The minimum absolute atomic E-state index is 0.522. The maximum Gasteiger partial charge on any atom is 0.119 e. The zero-order valence-corrected chi connectivity index (χ0v) is 7.21. The van der Waals surface area contributed by atoms with E-state index in [4.69, 9.17) is 12.6 Å². The van der Waals surface area contributed by atoms with E-state index in [2.05, 4.69) is 6.58 Å². The van der Waals surface area contributed by atoms with Gasteiger partial charge < -0.3 is 4.74 Å². The van der Waals surface area contributed by atoms with Crippen molar-refractivity contribution in [3.63, 3.8) is 0 Å². The standard InChI is InChI=1S/C10H11BO/c1-8(2)7-12-10-6-4-3-5-9(10)11/h3-6H,1,7H2,2H3. The molecule has 60 valence electrons. The zero-order chi connectivity index (χ0) is 8.97. The van der Waals surface area contributed by atoms with E-state index in [0.29, 0.717) is 12.1 Å². The van der Waals surface area contributed by atoms with Crippen LogP contribution in [0.5, 0.6) is 5.75 Å². The third kappa shape index (κ3) is 2.46. The van der Waals surface area contributed by atoms with Gasteiger partial charge in [-0.1, -0.05) is 30.2 Å². The molecule has 0 saturated heterocycles. The maximum atomic E-state index is 5.65. The molecule has 0 saturated carbocycles. The highest BCUT2D eigenvalue weighted by Gasteiger charge is 1.95. The third-order valence-electron chi connectivity index (χ3n) is 1.39. The van der Waals surface area contributed by atoms with Crippen LogP contribution in [0.1, 0.15) is 6.92 Å². The van der Waals surface area contributed by atoms with Gasteiger partial charge in [0.2, 0.25) is 0 Å². The van der Waals surface area contributed by atoms with Crippen molar-refractivity contribution >= 4 is 13.3 Å². The molecule has 0 aromatic heterocycles. The highest BCUT2D eigenvalue weighted by molar-refractivity contribution is 6.34. The number of hydrogen-bond donors (Lipinski definition) is 0. The molecule has 1 nitrogen and oxygen atoms in total. The van der Waals surface area contributed by atoms with E-state index in [1.54, 1.807) is 0 Å². The molecule has 0 aliphatic rings. The summed E-state index contributed by atoms with van der Waals surface area (Å²) >= 11 is 0. The van der Waals surface area contributed by atoms with Crippen LogP contribution in [-0.2, 0) is 0 Å². The SMILES string of the molecule is [B]c1ccccc1OCC(=C)C. The van der Waals surface area contributed by atoms with Gasteiger partial charge in [0.15, 0.2) is 0 Å². The van der Waals surface area contributed by atoms with E-state index in [0.717, 1.165) is 11.3 Å².